The molecule has 1 aromatic rings. The molecule has 0 bridgehead atoms. The van der Waals surface area contributed by atoms with E-state index in [1.54, 1.807) is 0 Å². The van der Waals surface area contributed by atoms with Gasteiger partial charge >= 0.3 is 0 Å². The Balaban J connectivity index is 2.81. The minimum Gasteiger partial charge on any atom is -0.395 e. The van der Waals surface area contributed by atoms with Gasteiger partial charge in [0, 0.05) is 18.3 Å². The zero-order valence-corrected chi connectivity index (χ0v) is 8.12. The molecule has 0 aliphatic rings. The van der Waals surface area contributed by atoms with Crippen LogP contribution in [0, 0.1) is 0 Å². The van der Waals surface area contributed by atoms with Crippen molar-refractivity contribution in [3.8, 4) is 0 Å². The number of anilines is 2. The SMILES string of the molecule is CCc1cc(NCCO)nc(NN)n1. The largest absolute Gasteiger partial charge is 0.395 e. The van der Waals surface area contributed by atoms with Crippen LogP contribution in [-0.4, -0.2) is 28.2 Å². The molecule has 0 aliphatic heterocycles. The van der Waals surface area contributed by atoms with Gasteiger partial charge in [0.2, 0.25) is 5.95 Å². The van der Waals surface area contributed by atoms with Crippen LogP contribution in [0.1, 0.15) is 12.6 Å². The molecule has 0 unspecified atom stereocenters. The topological polar surface area (TPSA) is 96.1 Å². The number of aryl methyl sites for hydroxylation is 1. The third-order valence-corrected chi connectivity index (χ3v) is 1.69. The van der Waals surface area contributed by atoms with Crippen LogP contribution in [0.5, 0.6) is 0 Å². The molecule has 6 heteroatoms. The van der Waals surface area contributed by atoms with Crippen molar-refractivity contribution < 1.29 is 5.11 Å². The molecule has 0 saturated heterocycles. The van der Waals surface area contributed by atoms with Gasteiger partial charge in [0.15, 0.2) is 0 Å². The maximum atomic E-state index is 8.63. The predicted molar refractivity (Wildman–Crippen MR) is 54.8 cm³/mol. The number of hydrogen-bond acceptors (Lipinski definition) is 6. The van der Waals surface area contributed by atoms with Gasteiger partial charge in [0.25, 0.3) is 0 Å². The van der Waals surface area contributed by atoms with Crippen LogP contribution in [0.3, 0.4) is 0 Å². The number of hydrogen-bond donors (Lipinski definition) is 4. The van der Waals surface area contributed by atoms with E-state index in [-0.39, 0.29) is 6.61 Å². The minimum atomic E-state index is 0.0663. The van der Waals surface area contributed by atoms with Crippen molar-refractivity contribution in [2.45, 2.75) is 13.3 Å². The Hall–Kier alpha value is -1.40. The number of aromatic nitrogens is 2. The maximum absolute atomic E-state index is 8.63. The molecular weight excluding hydrogens is 182 g/mol. The summed E-state index contributed by atoms with van der Waals surface area (Å²) >= 11 is 0. The average Bonchev–Trinajstić information content (AvgIpc) is 2.25. The van der Waals surface area contributed by atoms with Gasteiger partial charge in [-0.15, -0.1) is 0 Å². The number of nitrogens with one attached hydrogen (secondary N) is 2. The summed E-state index contributed by atoms with van der Waals surface area (Å²) < 4.78 is 0. The number of aliphatic hydroxyl groups excluding tert-OH is 1. The summed E-state index contributed by atoms with van der Waals surface area (Å²) in [6.45, 7) is 2.53. The second-order valence-corrected chi connectivity index (χ2v) is 2.72. The fourth-order valence-corrected chi connectivity index (χ4v) is 1.02. The van der Waals surface area contributed by atoms with E-state index in [9.17, 15) is 0 Å². The van der Waals surface area contributed by atoms with E-state index in [1.807, 2.05) is 13.0 Å². The summed E-state index contributed by atoms with van der Waals surface area (Å²) in [5.41, 5.74) is 3.29. The standard InChI is InChI=1S/C8H15N5O/c1-2-6-5-7(10-3-4-14)12-8(11-6)13-9/h5,14H,2-4,9H2,1H3,(H2,10,11,12,13). The van der Waals surface area contributed by atoms with E-state index in [2.05, 4.69) is 20.7 Å². The van der Waals surface area contributed by atoms with Gasteiger partial charge in [-0.2, -0.15) is 4.98 Å². The summed E-state index contributed by atoms with van der Waals surface area (Å²) in [5.74, 6) is 6.26. The lowest BCUT2D eigenvalue weighted by molar-refractivity contribution is 0.311. The van der Waals surface area contributed by atoms with Gasteiger partial charge in [0.05, 0.1) is 6.61 Å². The van der Waals surface area contributed by atoms with Crippen LogP contribution in [0.25, 0.3) is 0 Å². The average molecular weight is 197 g/mol. The van der Waals surface area contributed by atoms with E-state index in [0.717, 1.165) is 12.1 Å². The van der Waals surface area contributed by atoms with Crippen LogP contribution in [0.2, 0.25) is 0 Å². The smallest absolute Gasteiger partial charge is 0.239 e. The molecule has 0 atom stereocenters. The molecule has 0 fully saturated rings. The highest BCUT2D eigenvalue weighted by molar-refractivity contribution is 5.41. The fraction of sp³-hybridized carbons (Fsp3) is 0.500. The van der Waals surface area contributed by atoms with Gasteiger partial charge in [-0.1, -0.05) is 6.92 Å². The van der Waals surface area contributed by atoms with Crippen molar-refractivity contribution in [3.63, 3.8) is 0 Å². The Kier molecular flexibility index (Phi) is 4.09. The summed E-state index contributed by atoms with van der Waals surface area (Å²) in [6, 6.07) is 1.83. The summed E-state index contributed by atoms with van der Waals surface area (Å²) in [6.07, 6.45) is 0.811. The van der Waals surface area contributed by atoms with Gasteiger partial charge in [-0.25, -0.2) is 10.8 Å². The van der Waals surface area contributed by atoms with Gasteiger partial charge in [-0.3, -0.25) is 5.43 Å². The Morgan fingerprint density at radius 3 is 2.86 bits per heavy atom. The first-order valence-corrected chi connectivity index (χ1v) is 4.49. The minimum absolute atomic E-state index is 0.0663. The van der Waals surface area contributed by atoms with Crippen LogP contribution >= 0.6 is 0 Å². The first kappa shape index (κ1) is 10.7. The molecule has 1 aromatic heterocycles. The number of nitrogen functional groups attached to an aromatic ring is 1. The molecule has 0 saturated carbocycles. The number of hydrazine groups is 1. The van der Waals surface area contributed by atoms with Gasteiger partial charge < -0.3 is 10.4 Å². The number of aliphatic hydroxyl groups is 1. The highest BCUT2D eigenvalue weighted by atomic mass is 16.3. The molecule has 6 nitrogen and oxygen atoms in total. The zero-order valence-electron chi connectivity index (χ0n) is 8.12. The van der Waals surface area contributed by atoms with Crippen LogP contribution in [0.4, 0.5) is 11.8 Å². The lowest BCUT2D eigenvalue weighted by atomic mass is 10.3. The monoisotopic (exact) mass is 197 g/mol. The summed E-state index contributed by atoms with van der Waals surface area (Å²) in [7, 11) is 0. The van der Waals surface area contributed by atoms with Crippen molar-refractivity contribution in [1.82, 2.24) is 9.97 Å². The Bertz CT molecular complexity index is 269. The predicted octanol–water partition coefficient (Wildman–Crippen LogP) is -0.271. The molecule has 1 heterocycles. The van der Waals surface area contributed by atoms with E-state index in [4.69, 9.17) is 10.9 Å². The second kappa shape index (κ2) is 5.36. The molecule has 1 rings (SSSR count). The molecule has 0 radical (unpaired) electrons. The zero-order chi connectivity index (χ0) is 10.4. The molecule has 0 amide bonds. The quantitative estimate of drug-likeness (QED) is 0.383. The van der Waals surface area contributed by atoms with Crippen LogP contribution < -0.4 is 16.6 Å². The number of nitrogens with two attached hydrogens (primary N) is 1. The highest BCUT2D eigenvalue weighted by Gasteiger charge is 2.01. The van der Waals surface area contributed by atoms with Crippen LogP contribution in [0.15, 0.2) is 6.07 Å². The molecule has 0 spiro atoms. The van der Waals surface area contributed by atoms with E-state index >= 15 is 0 Å². The maximum Gasteiger partial charge on any atom is 0.239 e. The first-order chi connectivity index (χ1) is 6.80. The van der Waals surface area contributed by atoms with Crippen molar-refractivity contribution in [3.05, 3.63) is 11.8 Å². The molecule has 78 valence electrons. The second-order valence-electron chi connectivity index (χ2n) is 2.72. The first-order valence-electron chi connectivity index (χ1n) is 4.49. The van der Waals surface area contributed by atoms with E-state index < -0.39 is 0 Å². The normalized spacial score (nSPS) is 9.93. The van der Waals surface area contributed by atoms with Gasteiger partial charge in [-0.05, 0) is 6.42 Å². The van der Waals surface area contributed by atoms with Crippen LogP contribution in [-0.2, 0) is 6.42 Å². The summed E-state index contributed by atoms with van der Waals surface area (Å²) in [4.78, 5) is 8.20. The number of nitrogens with zero attached hydrogens (tertiary/aromatic N) is 2. The number of rotatable bonds is 5. The van der Waals surface area contributed by atoms with Gasteiger partial charge in [0.1, 0.15) is 5.82 Å². The van der Waals surface area contributed by atoms with E-state index in [0.29, 0.717) is 18.3 Å². The Morgan fingerprint density at radius 2 is 2.29 bits per heavy atom. The Labute approximate surface area is 82.5 Å². The van der Waals surface area contributed by atoms with Crippen molar-refractivity contribution in [1.29, 1.82) is 0 Å². The molecule has 14 heavy (non-hydrogen) atoms. The molecule has 5 N–H and O–H groups in total. The molecular formula is C8H15N5O. The van der Waals surface area contributed by atoms with E-state index in [1.165, 1.54) is 0 Å². The summed E-state index contributed by atoms with van der Waals surface area (Å²) in [5, 5.41) is 11.6. The molecule has 0 aliphatic carbocycles. The van der Waals surface area contributed by atoms with Crippen molar-refractivity contribution in [2.75, 3.05) is 23.9 Å². The lowest BCUT2D eigenvalue weighted by Crippen LogP contribution is -2.14. The molecule has 0 aromatic carbocycles. The van der Waals surface area contributed by atoms with Crippen molar-refractivity contribution >= 4 is 11.8 Å². The van der Waals surface area contributed by atoms with Crippen molar-refractivity contribution in [2.24, 2.45) is 5.84 Å². The fourth-order valence-electron chi connectivity index (χ4n) is 1.02. The highest BCUT2D eigenvalue weighted by Crippen LogP contribution is 2.09. The lowest BCUT2D eigenvalue weighted by Gasteiger charge is -2.07. The third kappa shape index (κ3) is 2.82. The third-order valence-electron chi connectivity index (χ3n) is 1.69. The Morgan fingerprint density at radius 1 is 1.50 bits per heavy atom.